The molecule has 1 N–H and O–H groups in total. The minimum atomic E-state index is 0.295. The third-order valence-corrected chi connectivity index (χ3v) is 4.80. The van der Waals surface area contributed by atoms with Crippen molar-refractivity contribution in [2.24, 2.45) is 5.92 Å². The lowest BCUT2D eigenvalue weighted by Crippen LogP contribution is -2.45. The van der Waals surface area contributed by atoms with E-state index in [2.05, 4.69) is 15.2 Å². The summed E-state index contributed by atoms with van der Waals surface area (Å²) in [4.78, 5) is 18.8. The lowest BCUT2D eigenvalue weighted by atomic mass is 9.89. The van der Waals surface area contributed by atoms with Gasteiger partial charge in [0.25, 0.3) is 0 Å². The number of nitrogens with zero attached hydrogens (tertiary/aromatic N) is 2. The molecule has 0 aromatic carbocycles. The second-order valence-electron chi connectivity index (χ2n) is 6.27. The predicted octanol–water partition coefficient (Wildman–Crippen LogP) is 2.00. The van der Waals surface area contributed by atoms with Crippen LogP contribution in [0.1, 0.15) is 37.8 Å². The van der Waals surface area contributed by atoms with Gasteiger partial charge in [-0.1, -0.05) is 6.07 Å². The zero-order valence-corrected chi connectivity index (χ0v) is 12.6. The molecule has 1 amide bonds. The van der Waals surface area contributed by atoms with Crippen LogP contribution in [0.5, 0.6) is 0 Å². The molecule has 4 nitrogen and oxygen atoms in total. The molecule has 114 valence electrons. The maximum atomic E-state index is 12.4. The van der Waals surface area contributed by atoms with Crippen LogP contribution in [0.3, 0.4) is 0 Å². The summed E-state index contributed by atoms with van der Waals surface area (Å²) in [5.74, 6) is 0.948. The molecule has 2 aliphatic heterocycles. The van der Waals surface area contributed by atoms with Crippen molar-refractivity contribution in [3.63, 3.8) is 0 Å². The van der Waals surface area contributed by atoms with Crippen LogP contribution >= 0.6 is 0 Å². The first-order valence-corrected chi connectivity index (χ1v) is 8.24. The number of rotatable bonds is 4. The fourth-order valence-electron chi connectivity index (χ4n) is 3.62. The average Bonchev–Trinajstić information content (AvgIpc) is 3.08. The number of hydrogen-bond acceptors (Lipinski definition) is 3. The van der Waals surface area contributed by atoms with Crippen LogP contribution in [0.25, 0.3) is 0 Å². The van der Waals surface area contributed by atoms with Crippen molar-refractivity contribution >= 4 is 5.91 Å². The summed E-state index contributed by atoms with van der Waals surface area (Å²) < 4.78 is 0. The molecule has 2 aliphatic rings. The van der Waals surface area contributed by atoms with E-state index in [0.29, 0.717) is 24.3 Å². The van der Waals surface area contributed by atoms with Gasteiger partial charge in [-0.25, -0.2) is 0 Å². The molecule has 0 saturated carbocycles. The van der Waals surface area contributed by atoms with E-state index in [1.54, 1.807) is 6.20 Å². The minimum absolute atomic E-state index is 0.295. The Balaban J connectivity index is 1.49. The van der Waals surface area contributed by atoms with Crippen molar-refractivity contribution in [2.75, 3.05) is 19.6 Å². The number of piperidine rings is 1. The zero-order chi connectivity index (χ0) is 14.5. The average molecular weight is 287 g/mol. The molecular formula is C17H25N3O. The summed E-state index contributed by atoms with van der Waals surface area (Å²) in [6, 6.07) is 6.52. The van der Waals surface area contributed by atoms with E-state index in [4.69, 9.17) is 0 Å². The van der Waals surface area contributed by atoms with Crippen LogP contribution < -0.4 is 5.32 Å². The van der Waals surface area contributed by atoms with E-state index >= 15 is 0 Å². The number of aryl methyl sites for hydroxylation is 1. The third kappa shape index (κ3) is 3.82. The normalized spacial score (nSPS) is 26.0. The highest BCUT2D eigenvalue weighted by atomic mass is 16.2. The van der Waals surface area contributed by atoms with Crippen molar-refractivity contribution in [3.05, 3.63) is 30.1 Å². The molecule has 0 radical (unpaired) electrons. The highest BCUT2D eigenvalue weighted by Gasteiger charge is 2.30. The van der Waals surface area contributed by atoms with Gasteiger partial charge >= 0.3 is 0 Å². The second-order valence-corrected chi connectivity index (χ2v) is 6.27. The van der Waals surface area contributed by atoms with Gasteiger partial charge in [0.1, 0.15) is 0 Å². The van der Waals surface area contributed by atoms with E-state index in [1.165, 1.54) is 19.3 Å². The summed E-state index contributed by atoms with van der Waals surface area (Å²) in [7, 11) is 0. The molecule has 0 bridgehead atoms. The Morgan fingerprint density at radius 2 is 2.29 bits per heavy atom. The number of likely N-dealkylation sites (tertiary alicyclic amines) is 1. The van der Waals surface area contributed by atoms with Gasteiger partial charge in [-0.3, -0.25) is 9.78 Å². The number of carbonyl (C=O) groups excluding carboxylic acids is 1. The van der Waals surface area contributed by atoms with Gasteiger partial charge in [-0.05, 0) is 56.7 Å². The number of hydrogen-bond donors (Lipinski definition) is 1. The molecule has 4 heteroatoms. The lowest BCUT2D eigenvalue weighted by molar-refractivity contribution is -0.133. The van der Waals surface area contributed by atoms with E-state index in [9.17, 15) is 4.79 Å². The molecule has 2 saturated heterocycles. The van der Waals surface area contributed by atoms with Gasteiger partial charge in [0.05, 0.1) is 0 Å². The van der Waals surface area contributed by atoms with Gasteiger partial charge in [0, 0.05) is 37.4 Å². The Labute approximate surface area is 126 Å². The molecule has 2 atom stereocenters. The van der Waals surface area contributed by atoms with Gasteiger partial charge in [-0.15, -0.1) is 0 Å². The number of carbonyl (C=O) groups is 1. The summed E-state index contributed by atoms with van der Waals surface area (Å²) in [5, 5.41) is 3.60. The molecule has 1 aromatic rings. The Bertz CT molecular complexity index is 456. The highest BCUT2D eigenvalue weighted by Crippen LogP contribution is 2.25. The fourth-order valence-corrected chi connectivity index (χ4v) is 3.62. The van der Waals surface area contributed by atoms with Gasteiger partial charge < -0.3 is 10.2 Å². The van der Waals surface area contributed by atoms with E-state index in [-0.39, 0.29) is 0 Å². The summed E-state index contributed by atoms with van der Waals surface area (Å²) >= 11 is 0. The van der Waals surface area contributed by atoms with Crippen LogP contribution in [0.4, 0.5) is 0 Å². The third-order valence-electron chi connectivity index (χ3n) is 4.80. The lowest BCUT2D eigenvalue weighted by Gasteiger charge is -2.36. The molecule has 2 unspecified atom stereocenters. The first kappa shape index (κ1) is 14.5. The SMILES string of the molecule is O=C(CCc1ccccn1)N1CCCC(C2CCCN2)C1. The first-order chi connectivity index (χ1) is 10.3. The maximum Gasteiger partial charge on any atom is 0.222 e. The second kappa shape index (κ2) is 7.03. The van der Waals surface area contributed by atoms with Crippen molar-refractivity contribution in [2.45, 2.75) is 44.6 Å². The minimum Gasteiger partial charge on any atom is -0.342 e. The highest BCUT2D eigenvalue weighted by molar-refractivity contribution is 5.76. The molecule has 0 spiro atoms. The molecule has 0 aliphatic carbocycles. The van der Waals surface area contributed by atoms with Crippen LogP contribution in [0, 0.1) is 5.92 Å². The zero-order valence-electron chi connectivity index (χ0n) is 12.6. The maximum absolute atomic E-state index is 12.4. The number of nitrogens with one attached hydrogen (secondary N) is 1. The van der Waals surface area contributed by atoms with Crippen LogP contribution in [0.2, 0.25) is 0 Å². The van der Waals surface area contributed by atoms with Gasteiger partial charge in [0.15, 0.2) is 0 Å². The van der Waals surface area contributed by atoms with Crippen molar-refractivity contribution in [1.29, 1.82) is 0 Å². The number of aromatic nitrogens is 1. The fraction of sp³-hybridized carbons (Fsp3) is 0.647. The Hall–Kier alpha value is -1.42. The Kier molecular flexibility index (Phi) is 4.86. The number of amides is 1. The summed E-state index contributed by atoms with van der Waals surface area (Å²) in [5.41, 5.74) is 1.01. The van der Waals surface area contributed by atoms with Crippen LogP contribution in [0.15, 0.2) is 24.4 Å². The van der Waals surface area contributed by atoms with Crippen molar-refractivity contribution in [3.8, 4) is 0 Å². The van der Waals surface area contributed by atoms with Crippen molar-refractivity contribution in [1.82, 2.24) is 15.2 Å². The molecular weight excluding hydrogens is 262 g/mol. The van der Waals surface area contributed by atoms with Gasteiger partial charge in [-0.2, -0.15) is 0 Å². The quantitative estimate of drug-likeness (QED) is 0.921. The monoisotopic (exact) mass is 287 g/mol. The molecule has 1 aromatic heterocycles. The van der Waals surface area contributed by atoms with Crippen LogP contribution in [-0.2, 0) is 11.2 Å². The molecule has 3 heterocycles. The Morgan fingerprint density at radius 3 is 3.05 bits per heavy atom. The molecule has 3 rings (SSSR count). The number of pyridine rings is 1. The summed E-state index contributed by atoms with van der Waals surface area (Å²) in [6.45, 7) is 3.03. The molecule has 21 heavy (non-hydrogen) atoms. The topological polar surface area (TPSA) is 45.2 Å². The smallest absolute Gasteiger partial charge is 0.222 e. The largest absolute Gasteiger partial charge is 0.342 e. The Morgan fingerprint density at radius 1 is 1.33 bits per heavy atom. The first-order valence-electron chi connectivity index (χ1n) is 8.24. The van der Waals surface area contributed by atoms with Gasteiger partial charge in [0.2, 0.25) is 5.91 Å². The predicted molar refractivity (Wildman–Crippen MR) is 82.9 cm³/mol. The van der Waals surface area contributed by atoms with E-state index < -0.39 is 0 Å². The molecule has 2 fully saturated rings. The van der Waals surface area contributed by atoms with Crippen molar-refractivity contribution < 1.29 is 4.79 Å². The standard InChI is InChI=1S/C17H25N3O/c21-17(9-8-15-6-1-2-10-18-15)20-12-4-5-14(13-20)16-7-3-11-19-16/h1-2,6,10,14,16,19H,3-5,7-9,11-13H2. The van der Waals surface area contributed by atoms with E-state index in [0.717, 1.165) is 38.2 Å². The van der Waals surface area contributed by atoms with E-state index in [1.807, 2.05) is 18.2 Å². The summed E-state index contributed by atoms with van der Waals surface area (Å²) in [6.07, 6.45) is 8.11. The van der Waals surface area contributed by atoms with Crippen LogP contribution in [-0.4, -0.2) is 41.5 Å².